The lowest BCUT2D eigenvalue weighted by Crippen LogP contribution is -2.16. The van der Waals surface area contributed by atoms with Gasteiger partial charge in [0.05, 0.1) is 11.5 Å². The van der Waals surface area contributed by atoms with Gasteiger partial charge in [-0.2, -0.15) is 0 Å². The first-order chi connectivity index (χ1) is 13.1. The first-order valence-electron chi connectivity index (χ1n) is 8.31. The van der Waals surface area contributed by atoms with Gasteiger partial charge in [0.2, 0.25) is 0 Å². The second kappa shape index (κ2) is 8.37. The monoisotopic (exact) mass is 373 g/mol. The van der Waals surface area contributed by atoms with Gasteiger partial charge in [0.25, 0.3) is 11.6 Å². The number of carbonyl (C=O) groups is 1. The normalized spacial score (nSPS) is 12.3. The molecule has 0 atom stereocenters. The molecule has 27 heavy (non-hydrogen) atoms. The molecule has 0 saturated carbocycles. The number of amides is 1. The van der Waals surface area contributed by atoms with E-state index in [1.165, 1.54) is 18.2 Å². The molecule has 0 saturated heterocycles. The highest BCUT2D eigenvalue weighted by atomic mass is 16.6. The lowest BCUT2D eigenvalue weighted by Gasteiger charge is -2.19. The van der Waals surface area contributed by atoms with Crippen LogP contribution in [0.15, 0.2) is 36.4 Å². The van der Waals surface area contributed by atoms with Gasteiger partial charge in [-0.3, -0.25) is 14.9 Å². The summed E-state index contributed by atoms with van der Waals surface area (Å²) in [6, 6.07) is 9.31. The number of nitro benzene ring substituents is 1. The predicted octanol–water partition coefficient (Wildman–Crippen LogP) is 2.68. The minimum absolute atomic E-state index is 0.175. The van der Waals surface area contributed by atoms with Crippen molar-refractivity contribution in [2.75, 3.05) is 44.1 Å². The van der Waals surface area contributed by atoms with Gasteiger partial charge >= 0.3 is 0 Å². The number of methoxy groups -OCH3 is 1. The number of hydrogen-bond acceptors (Lipinski definition) is 7. The molecule has 1 aliphatic rings. The number of anilines is 2. The molecular formula is C18H19N3O6. The third-order valence-corrected chi connectivity index (χ3v) is 3.88. The van der Waals surface area contributed by atoms with Crippen molar-refractivity contribution in [1.29, 1.82) is 0 Å². The van der Waals surface area contributed by atoms with Gasteiger partial charge in [0.15, 0.2) is 11.5 Å². The molecule has 1 aliphatic heterocycles. The Hall–Kier alpha value is -3.33. The highest BCUT2D eigenvalue weighted by Crippen LogP contribution is 2.33. The summed E-state index contributed by atoms with van der Waals surface area (Å²) < 4.78 is 15.8. The zero-order valence-corrected chi connectivity index (χ0v) is 14.7. The Morgan fingerprint density at radius 1 is 1.19 bits per heavy atom. The fourth-order valence-electron chi connectivity index (χ4n) is 2.59. The predicted molar refractivity (Wildman–Crippen MR) is 98.8 cm³/mol. The number of nitro groups is 1. The van der Waals surface area contributed by atoms with Crippen LogP contribution >= 0.6 is 0 Å². The summed E-state index contributed by atoms with van der Waals surface area (Å²) in [4.78, 5) is 23.3. The average Bonchev–Trinajstić information content (AvgIpc) is 2.68. The molecule has 0 bridgehead atoms. The van der Waals surface area contributed by atoms with E-state index >= 15 is 0 Å². The topological polar surface area (TPSA) is 112 Å². The molecule has 142 valence electrons. The molecule has 1 heterocycles. The Bertz CT molecular complexity index is 855. The average molecular weight is 373 g/mol. The first kappa shape index (κ1) is 18.5. The van der Waals surface area contributed by atoms with Gasteiger partial charge in [-0.05, 0) is 24.3 Å². The van der Waals surface area contributed by atoms with Crippen molar-refractivity contribution in [3.63, 3.8) is 0 Å². The van der Waals surface area contributed by atoms with Crippen LogP contribution in [0.5, 0.6) is 11.5 Å². The second-order valence-electron chi connectivity index (χ2n) is 5.72. The lowest BCUT2D eigenvalue weighted by molar-refractivity contribution is -0.384. The number of ether oxygens (including phenoxy) is 3. The molecule has 0 aliphatic carbocycles. The number of nitrogens with zero attached hydrogens (tertiary/aromatic N) is 1. The van der Waals surface area contributed by atoms with E-state index < -0.39 is 10.8 Å². The van der Waals surface area contributed by atoms with E-state index in [1.54, 1.807) is 25.3 Å². The summed E-state index contributed by atoms with van der Waals surface area (Å²) in [5.74, 6) is 0.697. The molecule has 2 aromatic rings. The van der Waals surface area contributed by atoms with E-state index in [1.807, 2.05) is 0 Å². The lowest BCUT2D eigenvalue weighted by atomic mass is 10.1. The Balaban J connectivity index is 1.76. The molecule has 0 radical (unpaired) electrons. The summed E-state index contributed by atoms with van der Waals surface area (Å²) in [5, 5.41) is 16.9. The van der Waals surface area contributed by atoms with E-state index in [-0.39, 0.29) is 11.3 Å². The quantitative estimate of drug-likeness (QED) is 0.436. The van der Waals surface area contributed by atoms with Crippen LogP contribution in [0.25, 0.3) is 0 Å². The molecule has 9 heteroatoms. The number of benzene rings is 2. The molecule has 9 nitrogen and oxygen atoms in total. The Kier molecular flexibility index (Phi) is 5.72. The first-order valence-corrected chi connectivity index (χ1v) is 8.31. The van der Waals surface area contributed by atoms with Gasteiger partial charge in [0.1, 0.15) is 18.9 Å². The van der Waals surface area contributed by atoms with Crippen LogP contribution in [0.2, 0.25) is 0 Å². The van der Waals surface area contributed by atoms with Crippen LogP contribution in [-0.4, -0.2) is 44.3 Å². The fourth-order valence-corrected chi connectivity index (χ4v) is 2.59. The fraction of sp³-hybridized carbons (Fsp3) is 0.278. The van der Waals surface area contributed by atoms with Crippen molar-refractivity contribution in [1.82, 2.24) is 0 Å². The van der Waals surface area contributed by atoms with Crippen molar-refractivity contribution in [3.8, 4) is 11.5 Å². The maximum absolute atomic E-state index is 12.5. The molecule has 1 amide bonds. The summed E-state index contributed by atoms with van der Waals surface area (Å²) in [7, 11) is 1.54. The third-order valence-electron chi connectivity index (χ3n) is 3.88. The van der Waals surface area contributed by atoms with Crippen LogP contribution in [0.3, 0.4) is 0 Å². The van der Waals surface area contributed by atoms with Crippen molar-refractivity contribution in [2.45, 2.75) is 0 Å². The Morgan fingerprint density at radius 3 is 2.70 bits per heavy atom. The van der Waals surface area contributed by atoms with E-state index in [9.17, 15) is 14.9 Å². The van der Waals surface area contributed by atoms with Crippen LogP contribution < -0.4 is 20.1 Å². The summed E-state index contributed by atoms with van der Waals surface area (Å²) in [5.41, 5.74) is 0.830. The summed E-state index contributed by atoms with van der Waals surface area (Å²) in [6.45, 7) is 1.74. The van der Waals surface area contributed by atoms with Crippen molar-refractivity contribution < 1.29 is 23.9 Å². The smallest absolute Gasteiger partial charge is 0.293 e. The van der Waals surface area contributed by atoms with Crippen molar-refractivity contribution in [3.05, 3.63) is 52.1 Å². The minimum atomic E-state index is -0.532. The van der Waals surface area contributed by atoms with Gasteiger partial charge < -0.3 is 24.8 Å². The van der Waals surface area contributed by atoms with Crippen molar-refractivity contribution in [2.24, 2.45) is 0 Å². The van der Waals surface area contributed by atoms with Gasteiger partial charge in [-0.15, -0.1) is 0 Å². The molecule has 2 aromatic carbocycles. The molecule has 0 spiro atoms. The van der Waals surface area contributed by atoms with Gasteiger partial charge in [-0.1, -0.05) is 0 Å². The number of rotatable bonds is 7. The van der Waals surface area contributed by atoms with Crippen LogP contribution in [-0.2, 0) is 4.74 Å². The van der Waals surface area contributed by atoms with Crippen LogP contribution in [0, 0.1) is 10.1 Å². The van der Waals surface area contributed by atoms with E-state index in [0.717, 1.165) is 0 Å². The highest BCUT2D eigenvalue weighted by molar-refractivity contribution is 6.05. The summed E-state index contributed by atoms with van der Waals surface area (Å²) >= 11 is 0. The third kappa shape index (κ3) is 4.45. The number of nitrogens with one attached hydrogen (secondary N) is 2. The maximum atomic E-state index is 12.5. The van der Waals surface area contributed by atoms with Crippen molar-refractivity contribution >= 4 is 23.0 Å². The molecule has 2 N–H and O–H groups in total. The highest BCUT2D eigenvalue weighted by Gasteiger charge is 2.18. The zero-order valence-electron chi connectivity index (χ0n) is 14.7. The van der Waals surface area contributed by atoms with Gasteiger partial charge in [0, 0.05) is 37.0 Å². The number of carbonyl (C=O) groups excluding carboxylic acids is 1. The van der Waals surface area contributed by atoms with Crippen LogP contribution in [0.1, 0.15) is 10.4 Å². The number of hydrogen-bond donors (Lipinski definition) is 2. The second-order valence-corrected chi connectivity index (χ2v) is 5.72. The molecule has 0 fully saturated rings. The Labute approximate surface area is 155 Å². The van der Waals surface area contributed by atoms with Gasteiger partial charge in [-0.25, -0.2) is 0 Å². The maximum Gasteiger partial charge on any atom is 0.293 e. The molecule has 3 rings (SSSR count). The molecule has 0 unspecified atom stereocenters. The largest absolute Gasteiger partial charge is 0.486 e. The standard InChI is InChI=1S/C18H19N3O6/c1-25-7-6-19-14-4-2-12(10-15(14)21(23)24)18(22)20-13-3-5-16-17(11-13)27-9-8-26-16/h2-5,10-11,19H,6-9H2,1H3,(H,20,22). The molecule has 0 aromatic heterocycles. The van der Waals surface area contributed by atoms with E-state index in [2.05, 4.69) is 10.6 Å². The SMILES string of the molecule is COCCNc1ccc(C(=O)Nc2ccc3c(c2)OCCO3)cc1[N+](=O)[O-]. The van der Waals surface area contributed by atoms with E-state index in [4.69, 9.17) is 14.2 Å². The molecular weight excluding hydrogens is 354 g/mol. The van der Waals surface area contributed by atoms with E-state index in [0.29, 0.717) is 49.2 Å². The summed E-state index contributed by atoms with van der Waals surface area (Å²) in [6.07, 6.45) is 0. The zero-order chi connectivity index (χ0) is 19.2. The minimum Gasteiger partial charge on any atom is -0.486 e. The van der Waals surface area contributed by atoms with Crippen LogP contribution in [0.4, 0.5) is 17.1 Å². The Morgan fingerprint density at radius 2 is 1.96 bits per heavy atom. The number of fused-ring (bicyclic) bond motifs is 1.